The van der Waals surface area contributed by atoms with Crippen LogP contribution in [0.15, 0.2) is 36.5 Å². The fourth-order valence-electron chi connectivity index (χ4n) is 1.97. The van der Waals surface area contributed by atoms with Crippen molar-refractivity contribution in [1.29, 1.82) is 0 Å². The molecule has 0 aliphatic carbocycles. The third-order valence-corrected chi connectivity index (χ3v) is 4.21. The first-order chi connectivity index (χ1) is 9.96. The third-order valence-electron chi connectivity index (χ3n) is 3.87. The van der Waals surface area contributed by atoms with E-state index >= 15 is 0 Å². The molecule has 0 unspecified atom stereocenters. The maximum absolute atomic E-state index is 5.99. The highest BCUT2D eigenvalue weighted by Gasteiger charge is 2.17. The van der Waals surface area contributed by atoms with Crippen molar-refractivity contribution in [1.82, 2.24) is 4.98 Å². The molecule has 2 rings (SSSR count). The van der Waals surface area contributed by atoms with Crippen molar-refractivity contribution >= 4 is 11.6 Å². The van der Waals surface area contributed by atoms with Gasteiger partial charge in [0.25, 0.3) is 0 Å². The molecule has 3 nitrogen and oxygen atoms in total. The Morgan fingerprint density at radius 3 is 2.48 bits per heavy atom. The number of aromatic nitrogens is 1. The molecule has 2 aromatic rings. The monoisotopic (exact) mass is 304 g/mol. The zero-order chi connectivity index (χ0) is 15.5. The highest BCUT2D eigenvalue weighted by atomic mass is 35.5. The van der Waals surface area contributed by atoms with Gasteiger partial charge in [-0.3, -0.25) is 0 Å². The van der Waals surface area contributed by atoms with Crippen LogP contribution >= 0.6 is 11.6 Å². The van der Waals surface area contributed by atoms with E-state index in [0.717, 1.165) is 17.7 Å². The summed E-state index contributed by atoms with van der Waals surface area (Å²) >= 11 is 5.99. The van der Waals surface area contributed by atoms with Gasteiger partial charge >= 0.3 is 0 Å². The van der Waals surface area contributed by atoms with E-state index in [1.54, 1.807) is 12.3 Å². The topological polar surface area (TPSA) is 48.1 Å². The number of rotatable bonds is 5. The quantitative estimate of drug-likeness (QED) is 0.873. The number of pyridine rings is 1. The molecule has 2 N–H and O–H groups in total. The second-order valence-corrected chi connectivity index (χ2v) is 6.09. The smallest absolute Gasteiger partial charge is 0.219 e. The van der Waals surface area contributed by atoms with Gasteiger partial charge in [-0.2, -0.15) is 0 Å². The molecule has 112 valence electrons. The molecule has 0 saturated carbocycles. The zero-order valence-electron chi connectivity index (χ0n) is 12.7. The summed E-state index contributed by atoms with van der Waals surface area (Å²) in [7, 11) is 0. The van der Waals surface area contributed by atoms with Crippen molar-refractivity contribution in [3.63, 3.8) is 0 Å². The first-order valence-electron chi connectivity index (χ1n) is 7.09. The molecule has 0 atom stereocenters. The average Bonchev–Trinajstić information content (AvgIpc) is 2.49. The first-order valence-corrected chi connectivity index (χ1v) is 7.47. The van der Waals surface area contributed by atoms with Crippen LogP contribution in [-0.2, 0) is 12.0 Å². The van der Waals surface area contributed by atoms with Crippen molar-refractivity contribution in [3.05, 3.63) is 52.7 Å². The average molecular weight is 305 g/mol. The Hall–Kier alpha value is -1.58. The predicted molar refractivity (Wildman–Crippen MR) is 87.0 cm³/mol. The number of benzene rings is 1. The van der Waals surface area contributed by atoms with E-state index in [4.69, 9.17) is 22.1 Å². The molecule has 0 radical (unpaired) electrons. The first kappa shape index (κ1) is 15.8. The van der Waals surface area contributed by atoms with E-state index in [1.165, 1.54) is 5.56 Å². The van der Waals surface area contributed by atoms with Gasteiger partial charge in [0.15, 0.2) is 0 Å². The summed E-state index contributed by atoms with van der Waals surface area (Å²) in [5.41, 5.74) is 7.92. The molecule has 0 aliphatic heterocycles. The molecule has 0 bridgehead atoms. The molecule has 0 spiro atoms. The van der Waals surface area contributed by atoms with Gasteiger partial charge in [-0.1, -0.05) is 44.5 Å². The van der Waals surface area contributed by atoms with Crippen LogP contribution in [0.4, 0.5) is 0 Å². The van der Waals surface area contributed by atoms with Gasteiger partial charge in [0.2, 0.25) is 5.88 Å². The van der Waals surface area contributed by atoms with Crippen molar-refractivity contribution in [2.24, 2.45) is 5.73 Å². The van der Waals surface area contributed by atoms with Gasteiger partial charge in [-0.25, -0.2) is 4.98 Å². The number of hydrogen-bond acceptors (Lipinski definition) is 3. The van der Waals surface area contributed by atoms with Gasteiger partial charge in [0.1, 0.15) is 5.75 Å². The molecule has 1 aromatic carbocycles. The molecule has 0 amide bonds. The Morgan fingerprint density at radius 1 is 1.24 bits per heavy atom. The normalized spacial score (nSPS) is 11.5. The molecule has 21 heavy (non-hydrogen) atoms. The Morgan fingerprint density at radius 2 is 1.90 bits per heavy atom. The van der Waals surface area contributed by atoms with Gasteiger partial charge < -0.3 is 10.5 Å². The van der Waals surface area contributed by atoms with Crippen molar-refractivity contribution in [2.45, 2.75) is 39.2 Å². The van der Waals surface area contributed by atoms with E-state index in [2.05, 4.69) is 37.9 Å². The van der Waals surface area contributed by atoms with Crippen molar-refractivity contribution < 1.29 is 4.74 Å². The minimum absolute atomic E-state index is 0.170. The molecule has 1 heterocycles. The van der Waals surface area contributed by atoms with Gasteiger partial charge in [-0.15, -0.1) is 0 Å². The van der Waals surface area contributed by atoms with Crippen LogP contribution in [0.2, 0.25) is 5.02 Å². The lowest BCUT2D eigenvalue weighted by Gasteiger charge is -2.23. The Kier molecular flexibility index (Phi) is 4.86. The lowest BCUT2D eigenvalue weighted by molar-refractivity contribution is 0.459. The zero-order valence-corrected chi connectivity index (χ0v) is 13.4. The fraction of sp³-hybridized carbons (Fsp3) is 0.353. The van der Waals surface area contributed by atoms with Crippen LogP contribution in [0.3, 0.4) is 0 Å². The largest absolute Gasteiger partial charge is 0.439 e. The highest BCUT2D eigenvalue weighted by molar-refractivity contribution is 6.31. The maximum atomic E-state index is 5.99. The van der Waals surface area contributed by atoms with Crippen LogP contribution in [0.25, 0.3) is 0 Å². The van der Waals surface area contributed by atoms with E-state index in [1.807, 2.05) is 12.1 Å². The number of nitrogens with two attached hydrogens (primary N) is 1. The van der Waals surface area contributed by atoms with Gasteiger partial charge in [-0.05, 0) is 35.1 Å². The van der Waals surface area contributed by atoms with Crippen LogP contribution in [0.5, 0.6) is 11.6 Å². The standard InChI is InChI=1S/C17H21ClN2O/c1-4-17(2,3)13-5-7-14(8-6-13)21-16-9-12(10-19)15(18)11-20-16/h5-9,11H,4,10,19H2,1-3H3. The Bertz CT molecular complexity index is 609. The third kappa shape index (κ3) is 3.74. The molecule has 0 aliphatic rings. The minimum Gasteiger partial charge on any atom is -0.439 e. The lowest BCUT2D eigenvalue weighted by Crippen LogP contribution is -2.14. The Balaban J connectivity index is 2.17. The lowest BCUT2D eigenvalue weighted by atomic mass is 9.82. The number of ether oxygens (including phenoxy) is 1. The number of hydrogen-bond donors (Lipinski definition) is 1. The van der Waals surface area contributed by atoms with Crippen molar-refractivity contribution in [2.75, 3.05) is 0 Å². The van der Waals surface area contributed by atoms with Crippen molar-refractivity contribution in [3.8, 4) is 11.6 Å². The minimum atomic E-state index is 0.170. The predicted octanol–water partition coefficient (Wildman–Crippen LogP) is 4.67. The van der Waals surface area contributed by atoms with E-state index < -0.39 is 0 Å². The van der Waals surface area contributed by atoms with Crippen LogP contribution in [-0.4, -0.2) is 4.98 Å². The van der Waals surface area contributed by atoms with E-state index in [9.17, 15) is 0 Å². The Labute approximate surface area is 131 Å². The summed E-state index contributed by atoms with van der Waals surface area (Å²) in [5.74, 6) is 1.26. The summed E-state index contributed by atoms with van der Waals surface area (Å²) in [6.07, 6.45) is 2.65. The molecule has 4 heteroatoms. The maximum Gasteiger partial charge on any atom is 0.219 e. The van der Waals surface area contributed by atoms with E-state index in [-0.39, 0.29) is 5.41 Å². The summed E-state index contributed by atoms with van der Waals surface area (Å²) in [6.45, 7) is 7.02. The molecule has 1 aromatic heterocycles. The van der Waals surface area contributed by atoms with E-state index in [0.29, 0.717) is 17.4 Å². The molecular weight excluding hydrogens is 284 g/mol. The summed E-state index contributed by atoms with van der Waals surface area (Å²) in [6, 6.07) is 9.89. The number of halogens is 1. The second-order valence-electron chi connectivity index (χ2n) is 5.68. The SMILES string of the molecule is CCC(C)(C)c1ccc(Oc2cc(CN)c(Cl)cn2)cc1. The summed E-state index contributed by atoms with van der Waals surface area (Å²) in [4.78, 5) is 4.16. The van der Waals surface area contributed by atoms with Gasteiger partial charge in [0.05, 0.1) is 5.02 Å². The molecule has 0 fully saturated rings. The molecular formula is C17H21ClN2O. The second kappa shape index (κ2) is 6.46. The fourth-order valence-corrected chi connectivity index (χ4v) is 2.15. The van der Waals surface area contributed by atoms with Gasteiger partial charge in [0, 0.05) is 18.8 Å². The molecule has 0 saturated heterocycles. The highest BCUT2D eigenvalue weighted by Crippen LogP contribution is 2.29. The van der Waals surface area contributed by atoms with Crippen LogP contribution < -0.4 is 10.5 Å². The van der Waals surface area contributed by atoms with Crippen LogP contribution in [0.1, 0.15) is 38.3 Å². The number of nitrogens with zero attached hydrogens (tertiary/aromatic N) is 1. The van der Waals surface area contributed by atoms with Crippen LogP contribution in [0, 0.1) is 0 Å². The summed E-state index contributed by atoms with van der Waals surface area (Å²) < 4.78 is 5.75. The summed E-state index contributed by atoms with van der Waals surface area (Å²) in [5, 5.41) is 0.560.